The number of likely N-dealkylation sites (tertiary alicyclic amines) is 1. The molecule has 0 bridgehead atoms. The first-order valence-electron chi connectivity index (χ1n) is 9.47. The Balaban J connectivity index is 1.62. The minimum absolute atomic E-state index is 0.167. The predicted octanol–water partition coefficient (Wildman–Crippen LogP) is 4.35. The zero-order valence-corrected chi connectivity index (χ0v) is 17.2. The molecule has 8 heteroatoms. The normalized spacial score (nSPS) is 16.9. The molecule has 1 saturated heterocycles. The lowest BCUT2D eigenvalue weighted by Crippen LogP contribution is -2.27. The fourth-order valence-corrected chi connectivity index (χ4v) is 4.12. The Hall–Kier alpha value is -2.71. The van der Waals surface area contributed by atoms with Gasteiger partial charge in [-0.05, 0) is 55.4 Å². The number of benzene rings is 2. The lowest BCUT2D eigenvalue weighted by molar-refractivity contribution is 0.186. The second-order valence-corrected chi connectivity index (χ2v) is 7.32. The highest BCUT2D eigenvalue weighted by Crippen LogP contribution is 2.39. The first-order chi connectivity index (χ1) is 14.1. The number of hydrogen-bond donors (Lipinski definition) is 0. The van der Waals surface area contributed by atoms with Crippen LogP contribution < -0.4 is 9.47 Å². The van der Waals surface area contributed by atoms with Crippen molar-refractivity contribution in [3.8, 4) is 17.2 Å². The van der Waals surface area contributed by atoms with Crippen molar-refractivity contribution in [2.75, 3.05) is 20.8 Å². The van der Waals surface area contributed by atoms with E-state index in [1.807, 2.05) is 18.2 Å². The van der Waals surface area contributed by atoms with Crippen LogP contribution in [0.4, 0.5) is 4.39 Å². The molecule has 1 aliphatic heterocycles. The average molecular weight is 415 g/mol. The summed E-state index contributed by atoms with van der Waals surface area (Å²) in [5.41, 5.74) is 1.49. The van der Waals surface area contributed by atoms with Crippen molar-refractivity contribution in [2.24, 2.45) is 0 Å². The van der Waals surface area contributed by atoms with E-state index < -0.39 is 0 Å². The maximum Gasteiger partial charge on any atom is 0.203 e. The van der Waals surface area contributed by atoms with Crippen LogP contribution in [0, 0.1) is 10.6 Å². The van der Waals surface area contributed by atoms with Crippen molar-refractivity contribution >= 4 is 12.2 Å². The monoisotopic (exact) mass is 414 g/mol. The fraction of sp³-hybridized carbons (Fsp3) is 0.333. The Morgan fingerprint density at radius 1 is 1.17 bits per heavy atom. The second-order valence-electron chi connectivity index (χ2n) is 6.95. The summed E-state index contributed by atoms with van der Waals surface area (Å²) in [5.74, 6) is 1.31. The van der Waals surface area contributed by atoms with E-state index in [1.165, 1.54) is 6.07 Å². The zero-order chi connectivity index (χ0) is 20.4. The molecule has 4 rings (SSSR count). The van der Waals surface area contributed by atoms with Crippen LogP contribution in [0.15, 0.2) is 48.8 Å². The highest BCUT2D eigenvalue weighted by Gasteiger charge is 2.29. The number of ether oxygens (including phenoxy) is 2. The molecule has 1 atom stereocenters. The summed E-state index contributed by atoms with van der Waals surface area (Å²) in [6.07, 6.45) is 3.63. The Morgan fingerprint density at radius 3 is 2.76 bits per heavy atom. The number of aromatic nitrogens is 3. The van der Waals surface area contributed by atoms with Crippen molar-refractivity contribution in [3.05, 3.63) is 64.9 Å². The van der Waals surface area contributed by atoms with Crippen LogP contribution in [0.1, 0.15) is 24.4 Å². The van der Waals surface area contributed by atoms with E-state index in [9.17, 15) is 4.39 Å². The molecule has 0 N–H and O–H groups in total. The number of halogens is 1. The molecule has 1 fully saturated rings. The number of para-hydroxylation sites is 1. The molecular weight excluding hydrogens is 391 g/mol. The first kappa shape index (κ1) is 19.6. The summed E-state index contributed by atoms with van der Waals surface area (Å²) in [7, 11) is 3.34. The van der Waals surface area contributed by atoms with Crippen LogP contribution in [0.5, 0.6) is 11.5 Å². The SMILES string of the molecule is COc1ccc(OC)c([C@@H]2CCCN2Cn2ncn(-c3ccccc3F)c2=S)c1. The highest BCUT2D eigenvalue weighted by atomic mass is 32.1. The molecule has 29 heavy (non-hydrogen) atoms. The number of methoxy groups -OCH3 is 2. The fourth-order valence-electron chi connectivity index (χ4n) is 3.87. The van der Waals surface area contributed by atoms with Crippen molar-refractivity contribution in [2.45, 2.75) is 25.6 Å². The minimum Gasteiger partial charge on any atom is -0.497 e. The van der Waals surface area contributed by atoms with Gasteiger partial charge in [-0.1, -0.05) is 12.1 Å². The summed E-state index contributed by atoms with van der Waals surface area (Å²) in [5, 5.41) is 4.41. The second kappa shape index (κ2) is 8.34. The van der Waals surface area contributed by atoms with E-state index in [4.69, 9.17) is 21.7 Å². The van der Waals surface area contributed by atoms with Gasteiger partial charge in [0, 0.05) is 18.2 Å². The third-order valence-corrected chi connectivity index (χ3v) is 5.73. The van der Waals surface area contributed by atoms with Gasteiger partial charge in [-0.15, -0.1) is 0 Å². The molecule has 3 aromatic rings. The Labute approximate surface area is 174 Å². The van der Waals surface area contributed by atoms with Gasteiger partial charge in [-0.2, -0.15) is 5.10 Å². The maximum atomic E-state index is 14.2. The predicted molar refractivity (Wildman–Crippen MR) is 111 cm³/mol. The summed E-state index contributed by atoms with van der Waals surface area (Å²) in [4.78, 5) is 2.31. The van der Waals surface area contributed by atoms with Gasteiger partial charge in [0.15, 0.2) is 0 Å². The van der Waals surface area contributed by atoms with Crippen molar-refractivity contribution in [3.63, 3.8) is 0 Å². The average Bonchev–Trinajstić information content (AvgIpc) is 3.35. The highest BCUT2D eigenvalue weighted by molar-refractivity contribution is 7.71. The van der Waals surface area contributed by atoms with E-state index >= 15 is 0 Å². The lowest BCUT2D eigenvalue weighted by Gasteiger charge is -2.26. The lowest BCUT2D eigenvalue weighted by atomic mass is 10.0. The molecule has 1 aromatic heterocycles. The van der Waals surface area contributed by atoms with E-state index in [2.05, 4.69) is 10.00 Å². The molecule has 0 aliphatic carbocycles. The standard InChI is InChI=1S/C21H23FN4O2S/c1-27-15-9-10-20(28-2)16(12-15)18-8-5-11-24(18)14-26-21(29)25(13-23-26)19-7-4-3-6-17(19)22/h3-4,6-7,9-10,12-13,18H,5,8,11,14H2,1-2H3/t18-/m0/s1. The van der Waals surface area contributed by atoms with Gasteiger partial charge < -0.3 is 9.47 Å². The van der Waals surface area contributed by atoms with Crippen LogP contribution in [0.2, 0.25) is 0 Å². The molecule has 1 aliphatic rings. The zero-order valence-electron chi connectivity index (χ0n) is 16.4. The van der Waals surface area contributed by atoms with Crippen LogP contribution in [0.3, 0.4) is 0 Å². The molecule has 0 spiro atoms. The number of hydrogen-bond acceptors (Lipinski definition) is 5. The van der Waals surface area contributed by atoms with Gasteiger partial charge in [-0.25, -0.2) is 9.07 Å². The largest absolute Gasteiger partial charge is 0.497 e. The van der Waals surface area contributed by atoms with Crippen molar-refractivity contribution < 1.29 is 13.9 Å². The third-order valence-electron chi connectivity index (χ3n) is 5.32. The summed E-state index contributed by atoms with van der Waals surface area (Å²) in [6.45, 7) is 1.44. The maximum absolute atomic E-state index is 14.2. The van der Waals surface area contributed by atoms with E-state index in [-0.39, 0.29) is 11.9 Å². The number of nitrogens with zero attached hydrogens (tertiary/aromatic N) is 4. The number of rotatable bonds is 6. The van der Waals surface area contributed by atoms with Crippen LogP contribution in [0.25, 0.3) is 5.69 Å². The Bertz CT molecular complexity index is 1060. The molecule has 0 amide bonds. The van der Waals surface area contributed by atoms with Gasteiger partial charge in [0.05, 0.1) is 26.6 Å². The van der Waals surface area contributed by atoms with Gasteiger partial charge in [0.2, 0.25) is 4.77 Å². The quantitative estimate of drug-likeness (QED) is 0.561. The Morgan fingerprint density at radius 2 is 2.00 bits per heavy atom. The third kappa shape index (κ3) is 3.77. The minimum atomic E-state index is -0.330. The summed E-state index contributed by atoms with van der Waals surface area (Å²) < 4.78 is 28.9. The van der Waals surface area contributed by atoms with Crippen LogP contribution in [-0.2, 0) is 6.67 Å². The van der Waals surface area contributed by atoms with Crippen molar-refractivity contribution in [1.29, 1.82) is 0 Å². The summed E-state index contributed by atoms with van der Waals surface area (Å²) in [6, 6.07) is 12.6. The topological polar surface area (TPSA) is 44.5 Å². The van der Waals surface area contributed by atoms with E-state index in [0.29, 0.717) is 17.1 Å². The van der Waals surface area contributed by atoms with Crippen LogP contribution in [-0.4, -0.2) is 40.0 Å². The smallest absolute Gasteiger partial charge is 0.203 e. The molecule has 2 heterocycles. The Kier molecular flexibility index (Phi) is 5.64. The molecule has 0 saturated carbocycles. The molecule has 0 radical (unpaired) electrons. The van der Waals surface area contributed by atoms with Gasteiger partial charge in [0.1, 0.15) is 23.6 Å². The van der Waals surface area contributed by atoms with Gasteiger partial charge >= 0.3 is 0 Å². The van der Waals surface area contributed by atoms with Gasteiger partial charge in [0.25, 0.3) is 0 Å². The molecule has 152 valence electrons. The van der Waals surface area contributed by atoms with E-state index in [1.54, 1.807) is 48.0 Å². The van der Waals surface area contributed by atoms with Crippen molar-refractivity contribution in [1.82, 2.24) is 19.2 Å². The van der Waals surface area contributed by atoms with Crippen LogP contribution >= 0.6 is 12.2 Å². The van der Waals surface area contributed by atoms with Gasteiger partial charge in [-0.3, -0.25) is 9.47 Å². The molecular formula is C21H23FN4O2S. The molecule has 2 aromatic carbocycles. The molecule has 0 unspecified atom stereocenters. The first-order valence-corrected chi connectivity index (χ1v) is 9.88. The molecule has 6 nitrogen and oxygen atoms in total. The van der Waals surface area contributed by atoms with E-state index in [0.717, 1.165) is 36.4 Å². The summed E-state index contributed by atoms with van der Waals surface area (Å²) >= 11 is 5.57.